The van der Waals surface area contributed by atoms with Gasteiger partial charge in [0.15, 0.2) is 5.11 Å². The van der Waals surface area contributed by atoms with Crippen LogP contribution in [0.4, 0.5) is 10.1 Å². The standard InChI is InChI=1S/C10H10FN5S/c1-6-5-16(15-14-6)7-2-3-9(8(11)4-7)13-10(12)17/h2-5H,1H3,(H3,12,13,17). The van der Waals surface area contributed by atoms with Gasteiger partial charge in [0.2, 0.25) is 0 Å². The predicted molar refractivity (Wildman–Crippen MR) is 66.5 cm³/mol. The molecular formula is C10H10FN5S. The highest BCUT2D eigenvalue weighted by atomic mass is 32.1. The van der Waals surface area contributed by atoms with Crippen LogP contribution >= 0.6 is 12.2 Å². The van der Waals surface area contributed by atoms with Gasteiger partial charge in [-0.15, -0.1) is 5.10 Å². The minimum absolute atomic E-state index is 0.0215. The van der Waals surface area contributed by atoms with Crippen LogP contribution < -0.4 is 11.1 Å². The second-order valence-corrected chi connectivity index (χ2v) is 3.90. The van der Waals surface area contributed by atoms with Gasteiger partial charge < -0.3 is 11.1 Å². The lowest BCUT2D eigenvalue weighted by atomic mass is 10.2. The van der Waals surface area contributed by atoms with Gasteiger partial charge in [0, 0.05) is 6.07 Å². The smallest absolute Gasteiger partial charge is 0.168 e. The molecular weight excluding hydrogens is 241 g/mol. The third-order valence-electron chi connectivity index (χ3n) is 2.08. The summed E-state index contributed by atoms with van der Waals surface area (Å²) in [7, 11) is 0. The summed E-state index contributed by atoms with van der Waals surface area (Å²) in [6, 6.07) is 4.56. The van der Waals surface area contributed by atoms with Crippen molar-refractivity contribution in [3.8, 4) is 5.69 Å². The number of aromatic nitrogens is 3. The van der Waals surface area contributed by atoms with Crippen molar-refractivity contribution in [3.05, 3.63) is 35.9 Å². The molecule has 2 aromatic rings. The Kier molecular flexibility index (Phi) is 3.01. The fourth-order valence-corrected chi connectivity index (χ4v) is 1.46. The number of halogens is 1. The number of anilines is 1. The molecule has 0 saturated carbocycles. The SMILES string of the molecule is Cc1cn(-c2ccc(NC(N)=S)c(F)c2)nn1. The zero-order valence-corrected chi connectivity index (χ0v) is 9.83. The fourth-order valence-electron chi connectivity index (χ4n) is 1.35. The Morgan fingerprint density at radius 2 is 2.29 bits per heavy atom. The maximum Gasteiger partial charge on any atom is 0.168 e. The minimum Gasteiger partial charge on any atom is -0.376 e. The molecule has 0 atom stereocenters. The lowest BCUT2D eigenvalue weighted by Gasteiger charge is -2.07. The maximum atomic E-state index is 13.7. The number of rotatable bonds is 2. The number of nitrogens with two attached hydrogens (primary N) is 1. The molecule has 1 aromatic carbocycles. The molecule has 0 amide bonds. The molecule has 5 nitrogen and oxygen atoms in total. The number of hydrogen-bond donors (Lipinski definition) is 2. The van der Waals surface area contributed by atoms with Crippen molar-refractivity contribution >= 4 is 23.0 Å². The number of benzene rings is 1. The van der Waals surface area contributed by atoms with Crippen LogP contribution in [0.1, 0.15) is 5.69 Å². The van der Waals surface area contributed by atoms with Crippen molar-refractivity contribution in [2.24, 2.45) is 5.73 Å². The summed E-state index contributed by atoms with van der Waals surface area (Å²) in [5, 5.41) is 10.2. The van der Waals surface area contributed by atoms with Crippen LogP contribution in [0.3, 0.4) is 0 Å². The third kappa shape index (κ3) is 2.56. The highest BCUT2D eigenvalue weighted by Gasteiger charge is 2.06. The van der Waals surface area contributed by atoms with Crippen LogP contribution in [-0.2, 0) is 0 Å². The van der Waals surface area contributed by atoms with E-state index in [9.17, 15) is 4.39 Å². The summed E-state index contributed by atoms with van der Waals surface area (Å²) in [5.74, 6) is -0.455. The van der Waals surface area contributed by atoms with Crippen LogP contribution in [0.5, 0.6) is 0 Å². The molecule has 0 bridgehead atoms. The first-order valence-corrected chi connectivity index (χ1v) is 5.22. The Morgan fingerprint density at radius 3 is 2.82 bits per heavy atom. The highest BCUT2D eigenvalue weighted by Crippen LogP contribution is 2.17. The van der Waals surface area contributed by atoms with Crippen molar-refractivity contribution in [1.82, 2.24) is 15.0 Å². The fraction of sp³-hybridized carbons (Fsp3) is 0.100. The Morgan fingerprint density at radius 1 is 1.53 bits per heavy atom. The van der Waals surface area contributed by atoms with Gasteiger partial charge in [-0.05, 0) is 31.3 Å². The summed E-state index contributed by atoms with van der Waals surface area (Å²) >= 11 is 4.64. The van der Waals surface area contributed by atoms with Crippen LogP contribution in [-0.4, -0.2) is 20.1 Å². The zero-order valence-electron chi connectivity index (χ0n) is 9.01. The van der Waals surface area contributed by atoms with Gasteiger partial charge in [0.1, 0.15) is 5.82 Å². The van der Waals surface area contributed by atoms with Crippen molar-refractivity contribution in [3.63, 3.8) is 0 Å². The second kappa shape index (κ2) is 4.46. The number of aryl methyl sites for hydroxylation is 1. The molecule has 3 N–H and O–H groups in total. The predicted octanol–water partition coefficient (Wildman–Crippen LogP) is 1.37. The Bertz CT molecular complexity index is 566. The van der Waals surface area contributed by atoms with E-state index >= 15 is 0 Å². The molecule has 88 valence electrons. The van der Waals surface area contributed by atoms with E-state index in [4.69, 9.17) is 5.73 Å². The van der Waals surface area contributed by atoms with Gasteiger partial charge in [-0.25, -0.2) is 9.07 Å². The topological polar surface area (TPSA) is 68.8 Å². The largest absolute Gasteiger partial charge is 0.376 e. The molecule has 0 aliphatic rings. The van der Waals surface area contributed by atoms with Crippen LogP contribution in [0.25, 0.3) is 5.69 Å². The van der Waals surface area contributed by atoms with E-state index in [1.165, 1.54) is 10.7 Å². The second-order valence-electron chi connectivity index (χ2n) is 3.46. The Labute approximate surface area is 102 Å². The summed E-state index contributed by atoms with van der Waals surface area (Å²) < 4.78 is 15.2. The van der Waals surface area contributed by atoms with E-state index in [1.54, 1.807) is 18.3 Å². The average Bonchev–Trinajstić information content (AvgIpc) is 2.67. The molecule has 0 fully saturated rings. The van der Waals surface area contributed by atoms with Crippen LogP contribution in [0, 0.1) is 12.7 Å². The molecule has 0 saturated heterocycles. The van der Waals surface area contributed by atoms with Gasteiger partial charge in [0.05, 0.1) is 23.3 Å². The number of thiocarbonyl (C=S) groups is 1. The van der Waals surface area contributed by atoms with E-state index in [-0.39, 0.29) is 10.8 Å². The number of nitrogens with zero attached hydrogens (tertiary/aromatic N) is 3. The molecule has 2 rings (SSSR count). The summed E-state index contributed by atoms with van der Waals surface area (Å²) in [5.41, 5.74) is 6.85. The summed E-state index contributed by atoms with van der Waals surface area (Å²) in [6.07, 6.45) is 1.70. The summed E-state index contributed by atoms with van der Waals surface area (Å²) in [6.45, 7) is 1.81. The highest BCUT2D eigenvalue weighted by molar-refractivity contribution is 7.80. The van der Waals surface area contributed by atoms with Crippen LogP contribution in [0.15, 0.2) is 24.4 Å². The normalized spacial score (nSPS) is 10.2. The third-order valence-corrected chi connectivity index (χ3v) is 2.19. The van der Waals surface area contributed by atoms with Gasteiger partial charge in [-0.1, -0.05) is 5.21 Å². The van der Waals surface area contributed by atoms with Gasteiger partial charge in [0.25, 0.3) is 0 Å². The number of nitrogens with one attached hydrogen (secondary N) is 1. The zero-order chi connectivity index (χ0) is 12.4. The van der Waals surface area contributed by atoms with Crippen molar-refractivity contribution in [1.29, 1.82) is 0 Å². The van der Waals surface area contributed by atoms with Crippen molar-refractivity contribution in [2.45, 2.75) is 6.92 Å². The van der Waals surface area contributed by atoms with E-state index in [0.717, 1.165) is 5.69 Å². The van der Waals surface area contributed by atoms with Gasteiger partial charge in [-0.2, -0.15) is 0 Å². The Hall–Kier alpha value is -2.02. The van der Waals surface area contributed by atoms with E-state index < -0.39 is 5.82 Å². The first kappa shape index (κ1) is 11.5. The van der Waals surface area contributed by atoms with E-state index in [2.05, 4.69) is 27.8 Å². The molecule has 1 heterocycles. The molecule has 1 aromatic heterocycles. The van der Waals surface area contributed by atoms with Crippen molar-refractivity contribution < 1.29 is 4.39 Å². The maximum absolute atomic E-state index is 13.7. The molecule has 0 aliphatic heterocycles. The minimum atomic E-state index is -0.455. The monoisotopic (exact) mass is 251 g/mol. The lowest BCUT2D eigenvalue weighted by molar-refractivity contribution is 0.629. The molecule has 0 radical (unpaired) electrons. The average molecular weight is 251 g/mol. The van der Waals surface area contributed by atoms with E-state index in [0.29, 0.717) is 5.69 Å². The van der Waals surface area contributed by atoms with Crippen molar-refractivity contribution in [2.75, 3.05) is 5.32 Å². The number of hydrogen-bond acceptors (Lipinski definition) is 3. The Balaban J connectivity index is 2.33. The van der Waals surface area contributed by atoms with Gasteiger partial charge in [-0.3, -0.25) is 0 Å². The first-order chi connectivity index (χ1) is 8.06. The van der Waals surface area contributed by atoms with Gasteiger partial charge >= 0.3 is 0 Å². The molecule has 0 unspecified atom stereocenters. The first-order valence-electron chi connectivity index (χ1n) is 4.81. The molecule has 17 heavy (non-hydrogen) atoms. The van der Waals surface area contributed by atoms with E-state index in [1.807, 2.05) is 6.92 Å². The lowest BCUT2D eigenvalue weighted by Crippen LogP contribution is -2.19. The summed E-state index contributed by atoms with van der Waals surface area (Å²) in [4.78, 5) is 0. The quantitative estimate of drug-likeness (QED) is 0.789. The molecule has 0 aliphatic carbocycles. The molecule has 0 spiro atoms. The van der Waals surface area contributed by atoms with Crippen LogP contribution in [0.2, 0.25) is 0 Å². The molecule has 7 heteroatoms.